The van der Waals surface area contributed by atoms with E-state index in [1.165, 1.54) is 17.3 Å². The first-order valence-corrected chi connectivity index (χ1v) is 9.53. The lowest BCUT2D eigenvalue weighted by Gasteiger charge is -2.14. The Kier molecular flexibility index (Phi) is 6.53. The number of rotatable bonds is 7. The number of H-pyrrole nitrogens is 1. The first-order chi connectivity index (χ1) is 13.6. The average Bonchev–Trinajstić information content (AvgIpc) is 3.09. The fourth-order valence-electron chi connectivity index (χ4n) is 3.18. The predicted molar refractivity (Wildman–Crippen MR) is 116 cm³/mol. The van der Waals surface area contributed by atoms with Gasteiger partial charge < -0.3 is 20.5 Å². The van der Waals surface area contributed by atoms with Gasteiger partial charge in [-0.2, -0.15) is 0 Å². The van der Waals surface area contributed by atoms with Crippen molar-refractivity contribution < 1.29 is 4.39 Å². The molecule has 0 aliphatic heterocycles. The van der Waals surface area contributed by atoms with E-state index in [1.807, 2.05) is 20.3 Å². The Morgan fingerprint density at radius 2 is 1.75 bits per heavy atom. The maximum atomic E-state index is 13.5. The second-order valence-corrected chi connectivity index (χ2v) is 6.99. The van der Waals surface area contributed by atoms with E-state index in [1.54, 1.807) is 19.2 Å². The zero-order valence-corrected chi connectivity index (χ0v) is 16.7. The molecule has 0 atom stereocenters. The Labute approximate surface area is 165 Å². The SMILES string of the molecule is CN=C(NCCc1ccc(N(C)C)cc1)NCCc1c[nH]c2ccc(F)cc12. The third kappa shape index (κ3) is 5.03. The van der Waals surface area contributed by atoms with E-state index in [-0.39, 0.29) is 5.82 Å². The molecule has 0 saturated heterocycles. The minimum atomic E-state index is -0.211. The normalized spacial score (nSPS) is 11.6. The Morgan fingerprint density at radius 3 is 2.43 bits per heavy atom. The first-order valence-electron chi connectivity index (χ1n) is 9.53. The third-order valence-electron chi connectivity index (χ3n) is 4.80. The lowest BCUT2D eigenvalue weighted by Crippen LogP contribution is -2.39. The topological polar surface area (TPSA) is 55.5 Å². The van der Waals surface area contributed by atoms with Crippen LogP contribution in [0.3, 0.4) is 0 Å². The van der Waals surface area contributed by atoms with E-state index in [0.29, 0.717) is 0 Å². The molecular formula is C22H28FN5. The highest BCUT2D eigenvalue weighted by atomic mass is 19.1. The number of hydrogen-bond acceptors (Lipinski definition) is 2. The highest BCUT2D eigenvalue weighted by Gasteiger charge is 2.05. The molecular weight excluding hydrogens is 353 g/mol. The fraction of sp³-hybridized carbons (Fsp3) is 0.318. The van der Waals surface area contributed by atoms with E-state index in [2.05, 4.69) is 49.8 Å². The Balaban J connectivity index is 1.45. The van der Waals surface area contributed by atoms with Gasteiger partial charge in [0.2, 0.25) is 0 Å². The summed E-state index contributed by atoms with van der Waals surface area (Å²) < 4.78 is 13.5. The molecule has 28 heavy (non-hydrogen) atoms. The van der Waals surface area contributed by atoms with Crippen molar-refractivity contribution >= 4 is 22.5 Å². The molecule has 5 nitrogen and oxygen atoms in total. The van der Waals surface area contributed by atoms with Crippen LogP contribution in [0.4, 0.5) is 10.1 Å². The number of guanidine groups is 1. The molecule has 1 heterocycles. The Bertz CT molecular complexity index is 928. The van der Waals surface area contributed by atoms with Crippen LogP contribution in [0.1, 0.15) is 11.1 Å². The molecule has 2 aromatic carbocycles. The van der Waals surface area contributed by atoms with Gasteiger partial charge in [-0.05, 0) is 54.3 Å². The van der Waals surface area contributed by atoms with E-state index in [4.69, 9.17) is 0 Å². The zero-order valence-electron chi connectivity index (χ0n) is 16.7. The molecule has 0 radical (unpaired) electrons. The molecule has 0 amide bonds. The molecule has 0 spiro atoms. The molecule has 0 fully saturated rings. The van der Waals surface area contributed by atoms with E-state index < -0.39 is 0 Å². The largest absolute Gasteiger partial charge is 0.378 e. The molecule has 6 heteroatoms. The van der Waals surface area contributed by atoms with Crippen LogP contribution in [-0.4, -0.2) is 45.2 Å². The average molecular weight is 381 g/mol. The number of hydrogen-bond donors (Lipinski definition) is 3. The number of aromatic nitrogens is 1. The number of aromatic amines is 1. The van der Waals surface area contributed by atoms with Gasteiger partial charge in [0.1, 0.15) is 5.82 Å². The molecule has 0 aliphatic carbocycles. The number of aliphatic imine (C=N–C) groups is 1. The van der Waals surface area contributed by atoms with Crippen molar-refractivity contribution in [3.63, 3.8) is 0 Å². The number of nitrogens with one attached hydrogen (secondary N) is 3. The summed E-state index contributed by atoms with van der Waals surface area (Å²) in [6, 6.07) is 13.4. The summed E-state index contributed by atoms with van der Waals surface area (Å²) in [6.07, 6.45) is 3.66. The summed E-state index contributed by atoms with van der Waals surface area (Å²) in [5.41, 5.74) is 4.54. The van der Waals surface area contributed by atoms with Crippen LogP contribution in [0, 0.1) is 5.82 Å². The highest BCUT2D eigenvalue weighted by Crippen LogP contribution is 2.19. The van der Waals surface area contributed by atoms with E-state index in [0.717, 1.165) is 48.4 Å². The minimum Gasteiger partial charge on any atom is -0.378 e. The highest BCUT2D eigenvalue weighted by molar-refractivity contribution is 5.83. The third-order valence-corrected chi connectivity index (χ3v) is 4.80. The lowest BCUT2D eigenvalue weighted by molar-refractivity contribution is 0.629. The van der Waals surface area contributed by atoms with E-state index >= 15 is 0 Å². The summed E-state index contributed by atoms with van der Waals surface area (Å²) in [7, 11) is 5.85. The van der Waals surface area contributed by atoms with Gasteiger partial charge in [-0.3, -0.25) is 4.99 Å². The Morgan fingerprint density at radius 1 is 1.04 bits per heavy atom. The van der Waals surface area contributed by atoms with Gasteiger partial charge in [0.05, 0.1) is 0 Å². The van der Waals surface area contributed by atoms with E-state index in [9.17, 15) is 4.39 Å². The molecule has 3 rings (SSSR count). The van der Waals surface area contributed by atoms with Crippen LogP contribution in [-0.2, 0) is 12.8 Å². The van der Waals surface area contributed by atoms with Gasteiger partial charge in [-0.15, -0.1) is 0 Å². The molecule has 1 aromatic heterocycles. The zero-order chi connectivity index (χ0) is 19.9. The van der Waals surface area contributed by atoms with Crippen LogP contribution in [0.5, 0.6) is 0 Å². The van der Waals surface area contributed by atoms with Crippen LogP contribution in [0.15, 0.2) is 53.7 Å². The van der Waals surface area contributed by atoms with Crippen molar-refractivity contribution in [2.24, 2.45) is 4.99 Å². The molecule has 0 saturated carbocycles. The van der Waals surface area contributed by atoms with Gasteiger partial charge in [0, 0.05) is 57.0 Å². The van der Waals surface area contributed by atoms with Crippen molar-refractivity contribution in [2.45, 2.75) is 12.8 Å². The summed E-state index contributed by atoms with van der Waals surface area (Å²) in [4.78, 5) is 9.55. The minimum absolute atomic E-state index is 0.211. The van der Waals surface area contributed by atoms with Gasteiger partial charge in [0.25, 0.3) is 0 Å². The number of benzene rings is 2. The molecule has 148 valence electrons. The summed E-state index contributed by atoms with van der Waals surface area (Å²) in [5.74, 6) is 0.563. The van der Waals surface area contributed by atoms with Crippen molar-refractivity contribution in [1.82, 2.24) is 15.6 Å². The standard InChI is InChI=1S/C22H28FN5/c1-24-22(25-12-10-16-4-7-19(8-5-16)28(2)3)26-13-11-17-15-27-21-9-6-18(23)14-20(17)21/h4-9,14-15,27H,10-13H2,1-3H3,(H2,24,25,26). The van der Waals surface area contributed by atoms with Gasteiger partial charge in [-0.25, -0.2) is 4.39 Å². The number of fused-ring (bicyclic) bond motifs is 1. The van der Waals surface area contributed by atoms with Crippen molar-refractivity contribution in [2.75, 3.05) is 39.1 Å². The lowest BCUT2D eigenvalue weighted by atomic mass is 10.1. The summed E-state index contributed by atoms with van der Waals surface area (Å²) in [6.45, 7) is 1.53. The van der Waals surface area contributed by atoms with Crippen molar-refractivity contribution in [3.8, 4) is 0 Å². The maximum absolute atomic E-state index is 13.5. The van der Waals surface area contributed by atoms with Crippen LogP contribution in [0.2, 0.25) is 0 Å². The fourth-order valence-corrected chi connectivity index (χ4v) is 3.18. The summed E-state index contributed by atoms with van der Waals surface area (Å²) >= 11 is 0. The van der Waals surface area contributed by atoms with Crippen LogP contribution < -0.4 is 15.5 Å². The quantitative estimate of drug-likeness (QED) is 0.435. The second kappa shape index (κ2) is 9.26. The number of nitrogens with zero attached hydrogens (tertiary/aromatic N) is 2. The first kappa shape index (κ1) is 19.7. The number of halogens is 1. The second-order valence-electron chi connectivity index (χ2n) is 6.99. The molecule has 0 bridgehead atoms. The van der Waals surface area contributed by atoms with Crippen molar-refractivity contribution in [1.29, 1.82) is 0 Å². The predicted octanol–water partition coefficient (Wildman–Crippen LogP) is 3.32. The number of anilines is 1. The monoisotopic (exact) mass is 381 g/mol. The Hall–Kier alpha value is -3.02. The molecule has 3 N–H and O–H groups in total. The molecule has 0 aliphatic rings. The smallest absolute Gasteiger partial charge is 0.190 e. The van der Waals surface area contributed by atoms with Crippen molar-refractivity contribution in [3.05, 3.63) is 65.6 Å². The maximum Gasteiger partial charge on any atom is 0.190 e. The van der Waals surface area contributed by atoms with Crippen LogP contribution >= 0.6 is 0 Å². The van der Waals surface area contributed by atoms with Crippen LogP contribution in [0.25, 0.3) is 10.9 Å². The molecule has 3 aromatic rings. The van der Waals surface area contributed by atoms with Gasteiger partial charge >= 0.3 is 0 Å². The molecule has 0 unspecified atom stereocenters. The summed E-state index contributed by atoms with van der Waals surface area (Å²) in [5, 5.41) is 7.60. The van der Waals surface area contributed by atoms with Gasteiger partial charge in [-0.1, -0.05) is 12.1 Å². The van der Waals surface area contributed by atoms with Gasteiger partial charge in [0.15, 0.2) is 5.96 Å².